The third-order valence-corrected chi connectivity index (χ3v) is 4.57. The van der Waals surface area contributed by atoms with Crippen molar-refractivity contribution in [1.29, 1.82) is 0 Å². The lowest BCUT2D eigenvalue weighted by Gasteiger charge is -2.04. The number of hydrogen-bond acceptors (Lipinski definition) is 5. The van der Waals surface area contributed by atoms with E-state index in [1.54, 1.807) is 36.1 Å². The third kappa shape index (κ3) is 3.98. The molecule has 0 saturated heterocycles. The molecular formula is C17H16N4OS. The van der Waals surface area contributed by atoms with Gasteiger partial charge in [-0.2, -0.15) is 0 Å². The largest absolute Gasteiger partial charge is 0.352 e. The van der Waals surface area contributed by atoms with Crippen LogP contribution in [-0.4, -0.2) is 20.9 Å². The Morgan fingerprint density at radius 1 is 1.17 bits per heavy atom. The normalized spacial score (nSPS) is 10.5. The Morgan fingerprint density at radius 2 is 2.00 bits per heavy atom. The Hall–Kier alpha value is -2.60. The van der Waals surface area contributed by atoms with E-state index in [1.807, 2.05) is 31.2 Å². The van der Waals surface area contributed by atoms with Crippen molar-refractivity contribution < 1.29 is 4.79 Å². The molecule has 0 fully saturated rings. The van der Waals surface area contributed by atoms with Gasteiger partial charge >= 0.3 is 0 Å². The van der Waals surface area contributed by atoms with E-state index >= 15 is 0 Å². The van der Waals surface area contributed by atoms with Gasteiger partial charge in [-0.15, -0.1) is 11.3 Å². The molecule has 116 valence electrons. The molecule has 3 rings (SSSR count). The highest BCUT2D eigenvalue weighted by atomic mass is 32.1. The number of hydrogen-bond donors (Lipinski definition) is 1. The Labute approximate surface area is 138 Å². The number of rotatable bonds is 5. The van der Waals surface area contributed by atoms with E-state index in [0.717, 1.165) is 26.7 Å². The summed E-state index contributed by atoms with van der Waals surface area (Å²) in [5, 5.41) is 3.82. The number of amides is 1. The first-order valence-electron chi connectivity index (χ1n) is 7.24. The summed E-state index contributed by atoms with van der Waals surface area (Å²) in [5.74, 6) is -0.00806. The summed E-state index contributed by atoms with van der Waals surface area (Å²) < 4.78 is 0. The minimum Gasteiger partial charge on any atom is -0.352 e. The van der Waals surface area contributed by atoms with Gasteiger partial charge in [0, 0.05) is 41.8 Å². The number of nitrogens with one attached hydrogen (secondary N) is 1. The minimum absolute atomic E-state index is 0.00806. The van der Waals surface area contributed by atoms with Crippen molar-refractivity contribution in [2.24, 2.45) is 0 Å². The maximum atomic E-state index is 12.1. The summed E-state index contributed by atoms with van der Waals surface area (Å²) in [6, 6.07) is 7.63. The summed E-state index contributed by atoms with van der Waals surface area (Å²) in [6.07, 6.45) is 7.29. The first kappa shape index (κ1) is 15.3. The van der Waals surface area contributed by atoms with Gasteiger partial charge in [0.1, 0.15) is 5.01 Å². The summed E-state index contributed by atoms with van der Waals surface area (Å²) in [5.41, 5.74) is 2.90. The highest BCUT2D eigenvalue weighted by Crippen LogP contribution is 2.27. The second-order valence-electron chi connectivity index (χ2n) is 5.08. The Morgan fingerprint density at radius 3 is 2.74 bits per heavy atom. The first-order chi connectivity index (χ1) is 11.2. The molecule has 0 radical (unpaired) electrons. The molecule has 3 aromatic rings. The van der Waals surface area contributed by atoms with Gasteiger partial charge < -0.3 is 5.32 Å². The molecule has 3 aromatic heterocycles. The van der Waals surface area contributed by atoms with E-state index < -0.39 is 0 Å². The summed E-state index contributed by atoms with van der Waals surface area (Å²) >= 11 is 1.54. The van der Waals surface area contributed by atoms with Crippen molar-refractivity contribution in [3.8, 4) is 10.6 Å². The van der Waals surface area contributed by atoms with Crippen molar-refractivity contribution >= 4 is 17.2 Å². The van der Waals surface area contributed by atoms with Crippen molar-refractivity contribution in [3.63, 3.8) is 0 Å². The van der Waals surface area contributed by atoms with Crippen molar-refractivity contribution in [2.45, 2.75) is 19.9 Å². The zero-order chi connectivity index (χ0) is 16.1. The molecular weight excluding hydrogens is 308 g/mol. The van der Waals surface area contributed by atoms with Crippen LogP contribution >= 0.6 is 11.3 Å². The quantitative estimate of drug-likeness (QED) is 0.783. The second kappa shape index (κ2) is 7.11. The molecule has 0 unspecified atom stereocenters. The molecule has 23 heavy (non-hydrogen) atoms. The monoisotopic (exact) mass is 324 g/mol. The van der Waals surface area contributed by atoms with Gasteiger partial charge in [0.2, 0.25) is 5.91 Å². The number of aromatic nitrogens is 3. The molecule has 0 aliphatic heterocycles. The lowest BCUT2D eigenvalue weighted by atomic mass is 10.2. The van der Waals surface area contributed by atoms with Crippen LogP contribution in [0.1, 0.15) is 16.1 Å². The van der Waals surface area contributed by atoms with Crippen LogP contribution < -0.4 is 5.32 Å². The summed E-state index contributed by atoms with van der Waals surface area (Å²) in [6.45, 7) is 2.44. The average molecular weight is 324 g/mol. The molecule has 1 amide bonds. The molecule has 0 aromatic carbocycles. The van der Waals surface area contributed by atoms with Crippen LogP contribution in [0.5, 0.6) is 0 Å². The molecule has 0 bridgehead atoms. The van der Waals surface area contributed by atoms with Gasteiger partial charge in [-0.1, -0.05) is 0 Å². The lowest BCUT2D eigenvalue weighted by Crippen LogP contribution is -2.24. The fourth-order valence-electron chi connectivity index (χ4n) is 2.11. The second-order valence-corrected chi connectivity index (χ2v) is 6.16. The van der Waals surface area contributed by atoms with Crippen LogP contribution in [0.3, 0.4) is 0 Å². The van der Waals surface area contributed by atoms with E-state index in [2.05, 4.69) is 20.3 Å². The Balaban J connectivity index is 1.64. The number of carbonyl (C=O) groups excluding carboxylic acids is 1. The zero-order valence-electron chi connectivity index (χ0n) is 12.7. The molecule has 3 heterocycles. The molecule has 0 aliphatic carbocycles. The zero-order valence-corrected chi connectivity index (χ0v) is 13.5. The fourth-order valence-corrected chi connectivity index (χ4v) is 3.17. The lowest BCUT2D eigenvalue weighted by molar-refractivity contribution is -0.120. The van der Waals surface area contributed by atoms with E-state index in [0.29, 0.717) is 13.0 Å². The van der Waals surface area contributed by atoms with Crippen molar-refractivity contribution in [2.75, 3.05) is 0 Å². The van der Waals surface area contributed by atoms with Gasteiger partial charge in [-0.3, -0.25) is 14.8 Å². The molecule has 1 N–H and O–H groups in total. The van der Waals surface area contributed by atoms with Gasteiger partial charge in [0.25, 0.3) is 0 Å². The van der Waals surface area contributed by atoms with Crippen LogP contribution in [0.4, 0.5) is 0 Å². The maximum absolute atomic E-state index is 12.1. The number of nitrogens with zero attached hydrogens (tertiary/aromatic N) is 3. The van der Waals surface area contributed by atoms with Gasteiger partial charge in [-0.25, -0.2) is 4.98 Å². The minimum atomic E-state index is -0.00806. The number of thiazole rings is 1. The fraction of sp³-hybridized carbons (Fsp3) is 0.176. The van der Waals surface area contributed by atoms with Crippen LogP contribution in [0.15, 0.2) is 49.1 Å². The van der Waals surface area contributed by atoms with Crippen molar-refractivity contribution in [3.05, 3.63) is 65.2 Å². The van der Waals surface area contributed by atoms with E-state index in [-0.39, 0.29) is 5.91 Å². The average Bonchev–Trinajstić information content (AvgIpc) is 2.95. The number of pyridine rings is 2. The first-order valence-corrected chi connectivity index (χ1v) is 8.06. The van der Waals surface area contributed by atoms with Crippen LogP contribution in [0.2, 0.25) is 0 Å². The van der Waals surface area contributed by atoms with Crippen LogP contribution in [-0.2, 0) is 17.8 Å². The van der Waals surface area contributed by atoms with Crippen LogP contribution in [0.25, 0.3) is 10.6 Å². The molecule has 6 heteroatoms. The molecule has 0 saturated carbocycles. The predicted molar refractivity (Wildman–Crippen MR) is 89.9 cm³/mol. The summed E-state index contributed by atoms with van der Waals surface area (Å²) in [7, 11) is 0. The topological polar surface area (TPSA) is 67.8 Å². The Bertz CT molecular complexity index is 787. The highest BCUT2D eigenvalue weighted by Gasteiger charge is 2.13. The summed E-state index contributed by atoms with van der Waals surface area (Å²) in [4.78, 5) is 25.7. The standard InChI is InChI=1S/C17H16N4OS/c1-12-15(23-17(21-12)14-3-2-6-19-11-14)9-16(22)20-10-13-4-7-18-8-5-13/h2-8,11H,9-10H2,1H3,(H,20,22). The van der Waals surface area contributed by atoms with E-state index in [4.69, 9.17) is 0 Å². The highest BCUT2D eigenvalue weighted by molar-refractivity contribution is 7.15. The smallest absolute Gasteiger partial charge is 0.225 e. The molecule has 0 spiro atoms. The van der Waals surface area contributed by atoms with E-state index in [9.17, 15) is 4.79 Å². The third-order valence-electron chi connectivity index (χ3n) is 3.36. The van der Waals surface area contributed by atoms with E-state index in [1.165, 1.54) is 0 Å². The van der Waals surface area contributed by atoms with Gasteiger partial charge in [0.05, 0.1) is 12.1 Å². The Kier molecular flexibility index (Phi) is 4.73. The van der Waals surface area contributed by atoms with Gasteiger partial charge in [0.15, 0.2) is 0 Å². The number of aryl methyl sites for hydroxylation is 1. The molecule has 0 atom stereocenters. The molecule has 5 nitrogen and oxygen atoms in total. The molecule has 0 aliphatic rings. The number of carbonyl (C=O) groups is 1. The van der Waals surface area contributed by atoms with Crippen molar-refractivity contribution in [1.82, 2.24) is 20.3 Å². The maximum Gasteiger partial charge on any atom is 0.225 e. The van der Waals surface area contributed by atoms with Gasteiger partial charge in [-0.05, 0) is 36.8 Å². The predicted octanol–water partition coefficient (Wildman–Crippen LogP) is 2.77. The van der Waals surface area contributed by atoms with Crippen LogP contribution in [0, 0.1) is 6.92 Å². The SMILES string of the molecule is Cc1nc(-c2cccnc2)sc1CC(=O)NCc1ccncc1.